The zero-order valence-corrected chi connectivity index (χ0v) is 22.2. The first-order valence-electron chi connectivity index (χ1n) is 12.0. The van der Waals surface area contributed by atoms with Crippen molar-refractivity contribution in [2.45, 2.75) is 42.4 Å². The summed E-state index contributed by atoms with van der Waals surface area (Å²) < 4.78 is 32.1. The van der Waals surface area contributed by atoms with E-state index in [4.69, 9.17) is 4.74 Å². The molecular weight excluding hydrogens is 488 g/mol. The van der Waals surface area contributed by atoms with Gasteiger partial charge in [0.05, 0.1) is 16.4 Å². The number of benzene rings is 3. The Hall–Kier alpha value is -3.09. The van der Waals surface area contributed by atoms with Crippen molar-refractivity contribution in [1.82, 2.24) is 0 Å². The number of sulfone groups is 1. The summed E-state index contributed by atoms with van der Waals surface area (Å²) in [6.07, 6.45) is 5.72. The lowest BCUT2D eigenvalue weighted by atomic mass is 10.1. The van der Waals surface area contributed by atoms with Gasteiger partial charge in [-0.25, -0.2) is 13.2 Å². The average Bonchev–Trinajstić information content (AvgIpc) is 2.90. The fraction of sp³-hybridized carbons (Fsp3) is 0.233. The molecule has 36 heavy (non-hydrogen) atoms. The van der Waals surface area contributed by atoms with Crippen LogP contribution in [0.2, 0.25) is 0 Å². The zero-order valence-electron chi connectivity index (χ0n) is 20.6. The lowest BCUT2D eigenvalue weighted by Gasteiger charge is -2.11. The summed E-state index contributed by atoms with van der Waals surface area (Å²) in [5.41, 5.74) is 1.92. The number of hydrogen-bond donors (Lipinski definition) is 0. The molecule has 4 nitrogen and oxygen atoms in total. The molecule has 0 radical (unpaired) electrons. The van der Waals surface area contributed by atoms with E-state index in [-0.39, 0.29) is 15.8 Å². The Bertz CT molecular complexity index is 1260. The molecule has 0 aromatic heterocycles. The van der Waals surface area contributed by atoms with Gasteiger partial charge in [0, 0.05) is 10.5 Å². The van der Waals surface area contributed by atoms with Gasteiger partial charge in [-0.3, -0.25) is 0 Å². The molecule has 0 amide bonds. The predicted molar refractivity (Wildman–Crippen MR) is 149 cm³/mol. The molecule has 188 valence electrons. The minimum Gasteiger partial charge on any atom is -0.462 e. The number of hydrogen-bond acceptors (Lipinski definition) is 5. The summed E-state index contributed by atoms with van der Waals surface area (Å²) in [4.78, 5) is 13.0. The van der Waals surface area contributed by atoms with Crippen molar-refractivity contribution in [2.24, 2.45) is 0 Å². The number of esters is 1. The molecule has 0 bridgehead atoms. The topological polar surface area (TPSA) is 60.4 Å². The molecule has 0 N–H and O–H groups in total. The number of carbonyl (C=O) groups excluding carboxylic acids is 1. The maximum Gasteiger partial charge on any atom is 0.333 e. The third-order valence-corrected chi connectivity index (χ3v) is 8.39. The number of carbonyl (C=O) groups is 1. The Balaban J connectivity index is 1.60. The van der Waals surface area contributed by atoms with Crippen LogP contribution in [-0.4, -0.2) is 26.7 Å². The van der Waals surface area contributed by atoms with Crippen LogP contribution in [0.1, 0.15) is 43.7 Å². The second-order valence-corrected chi connectivity index (χ2v) is 11.5. The highest BCUT2D eigenvalue weighted by Crippen LogP contribution is 2.31. The van der Waals surface area contributed by atoms with Gasteiger partial charge in [-0.1, -0.05) is 80.1 Å². The van der Waals surface area contributed by atoms with Gasteiger partial charge in [-0.2, -0.15) is 0 Å². The van der Waals surface area contributed by atoms with Crippen LogP contribution in [0.4, 0.5) is 0 Å². The molecule has 0 fully saturated rings. The fourth-order valence-corrected chi connectivity index (χ4v) is 5.91. The van der Waals surface area contributed by atoms with E-state index in [1.54, 1.807) is 49.0 Å². The first-order chi connectivity index (χ1) is 17.4. The van der Waals surface area contributed by atoms with Crippen LogP contribution in [0, 0.1) is 0 Å². The van der Waals surface area contributed by atoms with Crippen molar-refractivity contribution in [3.63, 3.8) is 0 Å². The van der Waals surface area contributed by atoms with Crippen LogP contribution in [0.3, 0.4) is 0 Å². The average molecular weight is 521 g/mol. The summed E-state index contributed by atoms with van der Waals surface area (Å²) >= 11 is 1.76. The maximum absolute atomic E-state index is 13.5. The normalized spacial score (nSPS) is 11.8. The molecule has 0 aliphatic rings. The van der Waals surface area contributed by atoms with E-state index in [0.29, 0.717) is 17.7 Å². The molecule has 0 heterocycles. The smallest absolute Gasteiger partial charge is 0.333 e. The maximum atomic E-state index is 13.5. The van der Waals surface area contributed by atoms with Gasteiger partial charge in [-0.05, 0) is 67.0 Å². The molecule has 3 aromatic carbocycles. The molecule has 0 aliphatic carbocycles. The Kier molecular flexibility index (Phi) is 10.6. The summed E-state index contributed by atoms with van der Waals surface area (Å²) in [6.45, 7) is 5.66. The molecule has 6 heteroatoms. The van der Waals surface area contributed by atoms with Crippen LogP contribution >= 0.6 is 11.8 Å². The van der Waals surface area contributed by atoms with Crippen LogP contribution in [0.25, 0.3) is 11.0 Å². The van der Waals surface area contributed by atoms with Gasteiger partial charge >= 0.3 is 5.97 Å². The van der Waals surface area contributed by atoms with Gasteiger partial charge < -0.3 is 4.74 Å². The predicted octanol–water partition coefficient (Wildman–Crippen LogP) is 7.43. The van der Waals surface area contributed by atoms with E-state index < -0.39 is 9.84 Å². The molecule has 0 aliphatic heterocycles. The van der Waals surface area contributed by atoms with Crippen LogP contribution < -0.4 is 0 Å². The van der Waals surface area contributed by atoms with Gasteiger partial charge in [-0.15, -0.1) is 11.8 Å². The van der Waals surface area contributed by atoms with Gasteiger partial charge in [0.2, 0.25) is 9.84 Å². The van der Waals surface area contributed by atoms with Gasteiger partial charge in [0.25, 0.3) is 0 Å². The van der Waals surface area contributed by atoms with Crippen molar-refractivity contribution < 1.29 is 17.9 Å². The highest BCUT2D eigenvalue weighted by molar-refractivity contribution is 8.01. The van der Waals surface area contributed by atoms with E-state index in [9.17, 15) is 13.2 Å². The lowest BCUT2D eigenvalue weighted by molar-refractivity contribution is -0.139. The standard InChI is InChI=1S/C30H32O4S2/c1-24(2)30(31)34-21-11-3-4-12-22-35-27-19-17-26(18-20-27)29(23-25-13-7-5-8-14-25)36(32,33)28-15-9-6-10-16-28/h5-10,13-20,23H,1,3-4,11-12,21-22H2,2H3. The number of thioether (sulfide) groups is 1. The van der Waals surface area contributed by atoms with Crippen molar-refractivity contribution in [3.8, 4) is 0 Å². The van der Waals surface area contributed by atoms with Crippen molar-refractivity contribution in [2.75, 3.05) is 12.4 Å². The van der Waals surface area contributed by atoms with E-state index in [2.05, 4.69) is 6.58 Å². The molecule has 0 unspecified atom stereocenters. The minimum absolute atomic E-state index is 0.278. The number of ether oxygens (including phenoxy) is 1. The lowest BCUT2D eigenvalue weighted by Crippen LogP contribution is -2.06. The highest BCUT2D eigenvalue weighted by atomic mass is 32.2. The second-order valence-electron chi connectivity index (χ2n) is 8.44. The SMILES string of the molecule is C=C(C)C(=O)OCCCCCCSc1ccc(C(=Cc2ccccc2)S(=O)(=O)c2ccccc2)cc1. The monoisotopic (exact) mass is 520 g/mol. The Labute approximate surface area is 219 Å². The Morgan fingerprint density at radius 3 is 2.11 bits per heavy atom. The summed E-state index contributed by atoms with van der Waals surface area (Å²) in [7, 11) is -3.69. The van der Waals surface area contributed by atoms with E-state index in [1.807, 2.05) is 60.7 Å². The molecule has 0 saturated carbocycles. The second kappa shape index (κ2) is 13.9. The van der Waals surface area contributed by atoms with Crippen molar-refractivity contribution in [1.29, 1.82) is 0 Å². The fourth-order valence-electron chi connectivity index (χ4n) is 3.49. The third-order valence-electron chi connectivity index (χ3n) is 5.47. The number of unbranched alkanes of at least 4 members (excludes halogenated alkanes) is 3. The largest absolute Gasteiger partial charge is 0.462 e. The minimum atomic E-state index is -3.69. The van der Waals surface area contributed by atoms with Crippen LogP contribution in [0.15, 0.2) is 107 Å². The first-order valence-corrected chi connectivity index (χ1v) is 14.5. The molecule has 0 saturated heterocycles. The molecular formula is C30H32O4S2. The van der Waals surface area contributed by atoms with E-state index in [1.165, 1.54) is 0 Å². The van der Waals surface area contributed by atoms with Gasteiger partial charge in [0.1, 0.15) is 0 Å². The van der Waals surface area contributed by atoms with Crippen LogP contribution in [-0.2, 0) is 19.4 Å². The van der Waals surface area contributed by atoms with Crippen molar-refractivity contribution >= 4 is 38.5 Å². The van der Waals surface area contributed by atoms with E-state index in [0.717, 1.165) is 41.9 Å². The van der Waals surface area contributed by atoms with Gasteiger partial charge in [0.15, 0.2) is 0 Å². The Morgan fingerprint density at radius 2 is 1.47 bits per heavy atom. The quantitative estimate of drug-likeness (QED) is 0.0771. The molecule has 0 spiro atoms. The van der Waals surface area contributed by atoms with Crippen molar-refractivity contribution in [3.05, 3.63) is 108 Å². The highest BCUT2D eigenvalue weighted by Gasteiger charge is 2.22. The molecule has 3 aromatic rings. The third kappa shape index (κ3) is 8.25. The van der Waals surface area contributed by atoms with Crippen LogP contribution in [0.5, 0.6) is 0 Å². The van der Waals surface area contributed by atoms with E-state index >= 15 is 0 Å². The molecule has 3 rings (SSSR count). The number of rotatable bonds is 13. The zero-order chi connectivity index (χ0) is 25.8. The molecule has 0 atom stereocenters. The summed E-state index contributed by atoms with van der Waals surface area (Å²) in [5.74, 6) is 0.646. The Morgan fingerprint density at radius 1 is 0.861 bits per heavy atom. The summed E-state index contributed by atoms with van der Waals surface area (Å²) in [6, 6.07) is 25.8. The first kappa shape index (κ1) is 27.5. The summed E-state index contributed by atoms with van der Waals surface area (Å²) in [5, 5.41) is 0.